The number of carbonyl (C=O) groups is 1. The van der Waals surface area contributed by atoms with Crippen LogP contribution in [0.3, 0.4) is 0 Å². The molecule has 1 atom stereocenters. The van der Waals surface area contributed by atoms with Gasteiger partial charge in [0.05, 0.1) is 11.7 Å². The molecule has 1 heterocycles. The topological polar surface area (TPSA) is 41.6 Å². The first-order valence-electron chi connectivity index (χ1n) is 9.47. The van der Waals surface area contributed by atoms with E-state index in [0.717, 1.165) is 50.2 Å². The number of nitrogens with zero attached hydrogens (tertiary/aromatic N) is 1. The van der Waals surface area contributed by atoms with Crippen molar-refractivity contribution in [2.75, 3.05) is 26.7 Å². The van der Waals surface area contributed by atoms with E-state index in [1.165, 1.54) is 25.7 Å². The van der Waals surface area contributed by atoms with Gasteiger partial charge in [0, 0.05) is 13.1 Å². The number of carbonyl (C=O) groups excluding carboxylic acids is 1. The number of amides is 1. The van der Waals surface area contributed by atoms with Crippen LogP contribution in [0.5, 0.6) is 5.75 Å². The Balaban J connectivity index is 1.69. The van der Waals surface area contributed by atoms with Crippen LogP contribution in [-0.4, -0.2) is 43.6 Å². The number of piperidine rings is 1. The van der Waals surface area contributed by atoms with Gasteiger partial charge in [-0.05, 0) is 70.2 Å². The summed E-state index contributed by atoms with van der Waals surface area (Å²) in [6.07, 6.45) is 8.55. The standard InChI is InChI=1S/C20H30N2O2/c1-21-14-16-8-7-13-22(15-16)20(23)18-11-5-6-12-19(18)24-17-9-3-2-4-10-17/h5-6,11-12,16-17,21H,2-4,7-10,13-15H2,1H3. The average molecular weight is 330 g/mol. The Hall–Kier alpha value is -1.55. The van der Waals surface area contributed by atoms with Crippen molar-refractivity contribution in [2.24, 2.45) is 5.92 Å². The number of ether oxygens (including phenoxy) is 1. The number of likely N-dealkylation sites (tertiary alicyclic amines) is 1. The zero-order valence-corrected chi connectivity index (χ0v) is 14.8. The van der Waals surface area contributed by atoms with Crippen molar-refractivity contribution in [1.82, 2.24) is 10.2 Å². The maximum atomic E-state index is 13.0. The molecule has 1 saturated heterocycles. The largest absolute Gasteiger partial charge is 0.490 e. The smallest absolute Gasteiger partial charge is 0.257 e. The molecule has 1 aliphatic heterocycles. The minimum atomic E-state index is 0.127. The molecule has 1 saturated carbocycles. The number of benzene rings is 1. The summed E-state index contributed by atoms with van der Waals surface area (Å²) in [5, 5.41) is 3.24. The third-order valence-electron chi connectivity index (χ3n) is 5.26. The molecule has 0 radical (unpaired) electrons. The summed E-state index contributed by atoms with van der Waals surface area (Å²) < 4.78 is 6.21. The average Bonchev–Trinajstić information content (AvgIpc) is 2.63. The molecule has 1 aromatic carbocycles. The van der Waals surface area contributed by atoms with Crippen molar-refractivity contribution in [3.8, 4) is 5.75 Å². The lowest BCUT2D eigenvalue weighted by Crippen LogP contribution is -2.42. The van der Waals surface area contributed by atoms with Crippen molar-refractivity contribution in [2.45, 2.75) is 51.0 Å². The lowest BCUT2D eigenvalue weighted by molar-refractivity contribution is 0.0664. The number of hydrogen-bond donors (Lipinski definition) is 1. The van der Waals surface area contributed by atoms with Crippen molar-refractivity contribution in [3.63, 3.8) is 0 Å². The first-order valence-corrected chi connectivity index (χ1v) is 9.47. The van der Waals surface area contributed by atoms with Gasteiger partial charge in [-0.3, -0.25) is 4.79 Å². The van der Waals surface area contributed by atoms with E-state index in [2.05, 4.69) is 5.32 Å². The fraction of sp³-hybridized carbons (Fsp3) is 0.650. The Morgan fingerprint density at radius 2 is 1.96 bits per heavy atom. The lowest BCUT2D eigenvalue weighted by Gasteiger charge is -2.33. The maximum Gasteiger partial charge on any atom is 0.257 e. The molecule has 2 aliphatic rings. The summed E-state index contributed by atoms with van der Waals surface area (Å²) in [5.41, 5.74) is 0.730. The summed E-state index contributed by atoms with van der Waals surface area (Å²) >= 11 is 0. The molecule has 1 N–H and O–H groups in total. The molecule has 24 heavy (non-hydrogen) atoms. The molecule has 3 rings (SSSR count). The van der Waals surface area contributed by atoms with Gasteiger partial charge in [0.25, 0.3) is 5.91 Å². The van der Waals surface area contributed by atoms with Crippen LogP contribution in [0.15, 0.2) is 24.3 Å². The highest BCUT2D eigenvalue weighted by Crippen LogP contribution is 2.28. The predicted molar refractivity (Wildman–Crippen MR) is 96.5 cm³/mol. The molecule has 0 spiro atoms. The molecule has 1 amide bonds. The molecule has 4 heteroatoms. The Bertz CT molecular complexity index is 538. The third-order valence-corrected chi connectivity index (χ3v) is 5.26. The highest BCUT2D eigenvalue weighted by Gasteiger charge is 2.26. The quantitative estimate of drug-likeness (QED) is 0.899. The fourth-order valence-electron chi connectivity index (χ4n) is 3.98. The third kappa shape index (κ3) is 4.29. The van der Waals surface area contributed by atoms with Crippen LogP contribution >= 0.6 is 0 Å². The molecule has 2 fully saturated rings. The number of para-hydroxylation sites is 1. The van der Waals surface area contributed by atoms with Crippen molar-refractivity contribution in [3.05, 3.63) is 29.8 Å². The Morgan fingerprint density at radius 3 is 2.75 bits per heavy atom. The van der Waals surface area contributed by atoms with Crippen LogP contribution in [0.2, 0.25) is 0 Å². The van der Waals surface area contributed by atoms with Gasteiger partial charge in [-0.15, -0.1) is 0 Å². The fourth-order valence-corrected chi connectivity index (χ4v) is 3.98. The van der Waals surface area contributed by atoms with Gasteiger partial charge in [-0.1, -0.05) is 18.6 Å². The van der Waals surface area contributed by atoms with Crippen molar-refractivity contribution >= 4 is 5.91 Å². The van der Waals surface area contributed by atoms with Crippen LogP contribution in [0.4, 0.5) is 0 Å². The Labute approximate surface area is 145 Å². The molecule has 1 unspecified atom stereocenters. The maximum absolute atomic E-state index is 13.0. The van der Waals surface area contributed by atoms with Crippen LogP contribution < -0.4 is 10.1 Å². The number of nitrogens with one attached hydrogen (secondary N) is 1. The van der Waals surface area contributed by atoms with Crippen LogP contribution in [-0.2, 0) is 0 Å². The van der Waals surface area contributed by atoms with Crippen LogP contribution in [0, 0.1) is 5.92 Å². The van der Waals surface area contributed by atoms with E-state index in [1.54, 1.807) is 0 Å². The molecule has 0 aromatic heterocycles. The van der Waals surface area contributed by atoms with Gasteiger partial charge >= 0.3 is 0 Å². The predicted octanol–water partition coefficient (Wildman–Crippen LogP) is 3.47. The summed E-state index contributed by atoms with van der Waals surface area (Å²) in [7, 11) is 1.98. The van der Waals surface area contributed by atoms with E-state index in [9.17, 15) is 4.79 Å². The summed E-state index contributed by atoms with van der Waals surface area (Å²) in [4.78, 5) is 15.0. The molecule has 0 bridgehead atoms. The van der Waals surface area contributed by atoms with E-state index in [1.807, 2.05) is 36.2 Å². The molecule has 1 aliphatic carbocycles. The van der Waals surface area contributed by atoms with E-state index < -0.39 is 0 Å². The van der Waals surface area contributed by atoms with Crippen LogP contribution in [0.25, 0.3) is 0 Å². The first kappa shape index (κ1) is 17.3. The zero-order valence-electron chi connectivity index (χ0n) is 14.8. The van der Waals surface area contributed by atoms with E-state index in [4.69, 9.17) is 4.74 Å². The molecule has 1 aromatic rings. The van der Waals surface area contributed by atoms with Gasteiger partial charge in [0.1, 0.15) is 5.75 Å². The molecule has 4 nitrogen and oxygen atoms in total. The molecule has 132 valence electrons. The van der Waals surface area contributed by atoms with E-state index in [-0.39, 0.29) is 12.0 Å². The van der Waals surface area contributed by atoms with Gasteiger partial charge < -0.3 is 15.0 Å². The highest BCUT2D eigenvalue weighted by molar-refractivity contribution is 5.97. The second-order valence-electron chi connectivity index (χ2n) is 7.19. The lowest BCUT2D eigenvalue weighted by atomic mass is 9.97. The van der Waals surface area contributed by atoms with E-state index >= 15 is 0 Å². The normalized spacial score (nSPS) is 22.4. The van der Waals surface area contributed by atoms with Gasteiger partial charge in [0.2, 0.25) is 0 Å². The number of hydrogen-bond acceptors (Lipinski definition) is 3. The SMILES string of the molecule is CNCC1CCCN(C(=O)c2ccccc2OC2CCCCC2)C1. The second-order valence-corrected chi connectivity index (χ2v) is 7.19. The monoisotopic (exact) mass is 330 g/mol. The Morgan fingerprint density at radius 1 is 1.17 bits per heavy atom. The zero-order chi connectivity index (χ0) is 16.8. The van der Waals surface area contributed by atoms with Gasteiger partial charge in [-0.2, -0.15) is 0 Å². The summed E-state index contributed by atoms with van der Waals surface area (Å²) in [6.45, 7) is 2.68. The minimum absolute atomic E-state index is 0.127. The summed E-state index contributed by atoms with van der Waals surface area (Å²) in [6, 6.07) is 7.78. The summed E-state index contributed by atoms with van der Waals surface area (Å²) in [5.74, 6) is 1.45. The van der Waals surface area contributed by atoms with Gasteiger partial charge in [-0.25, -0.2) is 0 Å². The molecular formula is C20H30N2O2. The number of rotatable bonds is 5. The minimum Gasteiger partial charge on any atom is -0.490 e. The van der Waals surface area contributed by atoms with Crippen molar-refractivity contribution in [1.29, 1.82) is 0 Å². The van der Waals surface area contributed by atoms with Gasteiger partial charge in [0.15, 0.2) is 0 Å². The molecular weight excluding hydrogens is 300 g/mol. The Kier molecular flexibility index (Phi) is 6.13. The second kappa shape index (κ2) is 8.52. The first-order chi connectivity index (χ1) is 11.8. The van der Waals surface area contributed by atoms with E-state index in [0.29, 0.717) is 5.92 Å². The van der Waals surface area contributed by atoms with Crippen LogP contribution in [0.1, 0.15) is 55.3 Å². The highest BCUT2D eigenvalue weighted by atomic mass is 16.5. The van der Waals surface area contributed by atoms with Crippen molar-refractivity contribution < 1.29 is 9.53 Å².